The fourth-order valence-electron chi connectivity index (χ4n) is 1.30. The summed E-state index contributed by atoms with van der Waals surface area (Å²) in [6.45, 7) is 0.484. The molecule has 6 nitrogen and oxygen atoms in total. The second kappa shape index (κ2) is 4.93. The second-order valence-electron chi connectivity index (χ2n) is 3.36. The number of nitriles is 1. The number of nitrogens with zero attached hydrogens (tertiary/aromatic N) is 5. The molecule has 1 aromatic carbocycles. The van der Waals surface area contributed by atoms with Crippen molar-refractivity contribution in [2.24, 2.45) is 7.05 Å². The molecule has 1 heterocycles. The van der Waals surface area contributed by atoms with Crippen LogP contribution in [0.1, 0.15) is 11.4 Å². The highest BCUT2D eigenvalue weighted by atomic mass is 79.9. The minimum atomic E-state index is 0.484. The number of benzene rings is 1. The molecule has 17 heavy (non-hydrogen) atoms. The van der Waals surface area contributed by atoms with Crippen LogP contribution in [0.4, 0.5) is 5.69 Å². The molecule has 0 saturated carbocycles. The smallest absolute Gasteiger partial charge is 0.193 e. The fraction of sp³-hybridized carbons (Fsp3) is 0.200. The molecule has 0 aliphatic carbocycles. The highest BCUT2D eigenvalue weighted by molar-refractivity contribution is 9.10. The summed E-state index contributed by atoms with van der Waals surface area (Å²) in [6.07, 6.45) is 0. The summed E-state index contributed by atoms with van der Waals surface area (Å²) in [5, 5.41) is 23.6. The maximum Gasteiger partial charge on any atom is 0.193 e. The lowest BCUT2D eigenvalue weighted by Crippen LogP contribution is -2.02. The summed E-state index contributed by atoms with van der Waals surface area (Å²) in [4.78, 5) is 1.41. The lowest BCUT2D eigenvalue weighted by Gasteiger charge is -2.06. The summed E-state index contributed by atoms with van der Waals surface area (Å²) < 4.78 is 0.834. The average molecular weight is 293 g/mol. The second-order valence-corrected chi connectivity index (χ2v) is 4.21. The SMILES string of the molecule is Cn1nnc(CNc2ccc(C#N)cc2Br)n1. The molecule has 0 atom stereocenters. The van der Waals surface area contributed by atoms with Crippen molar-refractivity contribution in [2.75, 3.05) is 5.32 Å². The van der Waals surface area contributed by atoms with Crippen LogP contribution in [0, 0.1) is 11.3 Å². The minimum Gasteiger partial charge on any atom is -0.377 e. The Morgan fingerprint density at radius 1 is 1.53 bits per heavy atom. The van der Waals surface area contributed by atoms with Gasteiger partial charge in [-0.25, -0.2) is 0 Å². The summed E-state index contributed by atoms with van der Waals surface area (Å²) >= 11 is 3.39. The summed E-state index contributed by atoms with van der Waals surface area (Å²) in [5.41, 5.74) is 1.50. The van der Waals surface area contributed by atoms with E-state index in [0.29, 0.717) is 17.9 Å². The van der Waals surface area contributed by atoms with E-state index in [4.69, 9.17) is 5.26 Å². The molecule has 0 aliphatic rings. The summed E-state index contributed by atoms with van der Waals surface area (Å²) in [7, 11) is 1.72. The van der Waals surface area contributed by atoms with E-state index in [0.717, 1.165) is 10.2 Å². The number of nitrogens with one attached hydrogen (secondary N) is 1. The maximum atomic E-state index is 8.74. The van der Waals surface area contributed by atoms with Gasteiger partial charge in [-0.3, -0.25) is 0 Å². The highest BCUT2D eigenvalue weighted by Crippen LogP contribution is 2.23. The van der Waals surface area contributed by atoms with Crippen LogP contribution in [0.3, 0.4) is 0 Å². The molecule has 0 radical (unpaired) electrons. The third-order valence-corrected chi connectivity index (χ3v) is 2.74. The van der Waals surface area contributed by atoms with E-state index in [2.05, 4.69) is 42.7 Å². The van der Waals surface area contributed by atoms with Gasteiger partial charge in [0.05, 0.1) is 25.2 Å². The molecule has 86 valence electrons. The van der Waals surface area contributed by atoms with E-state index in [1.54, 1.807) is 19.2 Å². The Morgan fingerprint density at radius 3 is 2.94 bits per heavy atom. The van der Waals surface area contributed by atoms with E-state index in [1.807, 2.05) is 6.07 Å². The van der Waals surface area contributed by atoms with E-state index < -0.39 is 0 Å². The maximum absolute atomic E-state index is 8.74. The quantitative estimate of drug-likeness (QED) is 0.926. The lowest BCUT2D eigenvalue weighted by atomic mass is 10.2. The number of hydrogen-bond acceptors (Lipinski definition) is 5. The normalized spacial score (nSPS) is 9.94. The van der Waals surface area contributed by atoms with Crippen LogP contribution in [0.25, 0.3) is 0 Å². The predicted molar refractivity (Wildman–Crippen MR) is 65.0 cm³/mol. The lowest BCUT2D eigenvalue weighted by molar-refractivity contribution is 0.628. The third kappa shape index (κ3) is 2.79. The number of rotatable bonds is 3. The van der Waals surface area contributed by atoms with Gasteiger partial charge in [-0.2, -0.15) is 10.1 Å². The van der Waals surface area contributed by atoms with Crippen molar-refractivity contribution in [1.82, 2.24) is 20.2 Å². The van der Waals surface area contributed by atoms with Crippen LogP contribution < -0.4 is 5.32 Å². The molecule has 0 unspecified atom stereocenters. The monoisotopic (exact) mass is 292 g/mol. The molecule has 0 spiro atoms. The van der Waals surface area contributed by atoms with Crippen molar-refractivity contribution >= 4 is 21.6 Å². The molecule has 0 saturated heterocycles. The third-order valence-electron chi connectivity index (χ3n) is 2.08. The van der Waals surface area contributed by atoms with E-state index in [1.165, 1.54) is 4.80 Å². The van der Waals surface area contributed by atoms with Crippen molar-refractivity contribution in [2.45, 2.75) is 6.54 Å². The number of anilines is 1. The summed E-state index contributed by atoms with van der Waals surface area (Å²) in [5.74, 6) is 0.615. The van der Waals surface area contributed by atoms with Crippen LogP contribution in [0.15, 0.2) is 22.7 Å². The van der Waals surface area contributed by atoms with Crippen molar-refractivity contribution in [3.63, 3.8) is 0 Å². The number of tetrazole rings is 1. The molecule has 7 heteroatoms. The average Bonchev–Trinajstić information content (AvgIpc) is 2.73. The Kier molecular flexibility index (Phi) is 3.35. The van der Waals surface area contributed by atoms with Crippen LogP contribution >= 0.6 is 15.9 Å². The number of aromatic nitrogens is 4. The topological polar surface area (TPSA) is 79.4 Å². The van der Waals surface area contributed by atoms with Crippen molar-refractivity contribution in [3.8, 4) is 6.07 Å². The van der Waals surface area contributed by atoms with Gasteiger partial charge in [0.25, 0.3) is 0 Å². The Morgan fingerprint density at radius 2 is 2.35 bits per heavy atom. The Labute approximate surface area is 106 Å². The molecule has 2 aromatic rings. The zero-order valence-corrected chi connectivity index (χ0v) is 10.6. The Hall–Kier alpha value is -1.94. The van der Waals surface area contributed by atoms with Gasteiger partial charge in [-0.15, -0.1) is 10.2 Å². The number of halogens is 1. The zero-order valence-electron chi connectivity index (χ0n) is 9.05. The molecule has 2 rings (SSSR count). The molecule has 0 amide bonds. The van der Waals surface area contributed by atoms with Gasteiger partial charge in [0.1, 0.15) is 0 Å². The van der Waals surface area contributed by atoms with Crippen molar-refractivity contribution in [1.29, 1.82) is 5.26 Å². The number of hydrogen-bond donors (Lipinski definition) is 1. The van der Waals surface area contributed by atoms with Gasteiger partial charge in [-0.1, -0.05) is 0 Å². The first-order valence-corrected chi connectivity index (χ1v) is 5.65. The van der Waals surface area contributed by atoms with Gasteiger partial charge in [-0.05, 0) is 39.3 Å². The molecule has 0 fully saturated rings. The van der Waals surface area contributed by atoms with Gasteiger partial charge < -0.3 is 5.32 Å². The van der Waals surface area contributed by atoms with E-state index >= 15 is 0 Å². The largest absolute Gasteiger partial charge is 0.377 e. The molecule has 1 N–H and O–H groups in total. The van der Waals surface area contributed by atoms with Crippen LogP contribution in [-0.2, 0) is 13.6 Å². The standard InChI is InChI=1S/C10H9BrN6/c1-17-15-10(14-16-17)6-13-9-3-2-7(5-12)4-8(9)11/h2-4,13H,6H2,1H3. The summed E-state index contributed by atoms with van der Waals surface area (Å²) in [6, 6.07) is 7.41. The molecule has 0 aliphatic heterocycles. The van der Waals surface area contributed by atoms with Crippen LogP contribution in [0.5, 0.6) is 0 Å². The molecular formula is C10H9BrN6. The van der Waals surface area contributed by atoms with E-state index in [-0.39, 0.29) is 0 Å². The van der Waals surface area contributed by atoms with Crippen molar-refractivity contribution in [3.05, 3.63) is 34.1 Å². The van der Waals surface area contributed by atoms with Gasteiger partial charge in [0.2, 0.25) is 0 Å². The first-order valence-electron chi connectivity index (χ1n) is 4.85. The Balaban J connectivity index is 2.07. The van der Waals surface area contributed by atoms with Crippen LogP contribution in [0.2, 0.25) is 0 Å². The molecule has 1 aromatic heterocycles. The Bertz CT molecular complexity index is 570. The molecular weight excluding hydrogens is 284 g/mol. The predicted octanol–water partition coefficient (Wildman–Crippen LogP) is 1.46. The first-order chi connectivity index (χ1) is 8.19. The zero-order chi connectivity index (χ0) is 12.3. The van der Waals surface area contributed by atoms with Crippen molar-refractivity contribution < 1.29 is 0 Å². The van der Waals surface area contributed by atoms with Gasteiger partial charge >= 0.3 is 0 Å². The van der Waals surface area contributed by atoms with Crippen LogP contribution in [-0.4, -0.2) is 20.2 Å². The first kappa shape index (κ1) is 11.5. The van der Waals surface area contributed by atoms with Gasteiger partial charge in [0, 0.05) is 10.2 Å². The molecule has 0 bridgehead atoms. The van der Waals surface area contributed by atoms with E-state index in [9.17, 15) is 0 Å². The minimum absolute atomic E-state index is 0.484. The van der Waals surface area contributed by atoms with Gasteiger partial charge in [0.15, 0.2) is 5.82 Å². The number of aryl methyl sites for hydroxylation is 1. The fourth-order valence-corrected chi connectivity index (χ4v) is 1.82. The highest BCUT2D eigenvalue weighted by Gasteiger charge is 2.03.